The topological polar surface area (TPSA) is 218 Å². The van der Waals surface area contributed by atoms with Gasteiger partial charge in [-0.3, -0.25) is 28.8 Å². The van der Waals surface area contributed by atoms with Gasteiger partial charge in [-0.15, -0.1) is 23.2 Å². The second kappa shape index (κ2) is 24.0. The molecule has 0 aliphatic heterocycles. The summed E-state index contributed by atoms with van der Waals surface area (Å²) >= 11 is 24.3. The van der Waals surface area contributed by atoms with E-state index in [0.717, 1.165) is 25.0 Å². The van der Waals surface area contributed by atoms with E-state index >= 15 is 0 Å². The SMILES string of the molecule is COc1cc(NC(=O)C(N=Nc2cc(C(=O)Nc3ccc(CCCl)cc3)ccc2Cl)C(C)=O)cc(OC)c1NC(=O)C(N=Nc1cc(C(=O)Nc2ccc(CCCl)cc2)ccc1Cl)C(C)=O. The fourth-order valence-electron chi connectivity index (χ4n) is 5.98. The standard InChI is InChI=1S/C46H42Cl4N8O8/c1-25(59)40(57-55-36-21-29(9-15-34(36)49)43(61)51-31-11-5-27(6-12-31)17-19-47)45(63)53-33-23-38(65-3)42(39(24-33)66-4)54-46(64)41(26(2)60)58-56-37-22-30(10-16-35(37)50)44(62)52-32-13-7-28(8-14-32)18-20-48/h5-16,21-24,40-41H,17-20H2,1-4H3,(H,51,61)(H,52,62)(H,53,63)(H,54,64). The lowest BCUT2D eigenvalue weighted by Gasteiger charge is -2.18. The molecule has 342 valence electrons. The predicted molar refractivity (Wildman–Crippen MR) is 255 cm³/mol. The highest BCUT2D eigenvalue weighted by Gasteiger charge is 2.28. The summed E-state index contributed by atoms with van der Waals surface area (Å²) in [5.74, 6) is -3.25. The third-order valence-corrected chi connectivity index (χ3v) is 10.5. The Hall–Kier alpha value is -6.72. The number of methoxy groups -OCH3 is 2. The van der Waals surface area contributed by atoms with Crippen molar-refractivity contribution < 1.29 is 38.2 Å². The largest absolute Gasteiger partial charge is 0.494 e. The molecule has 0 saturated carbocycles. The van der Waals surface area contributed by atoms with Gasteiger partial charge in [0.15, 0.2) is 11.6 Å². The molecule has 5 aromatic carbocycles. The fraction of sp³-hybridized carbons (Fsp3) is 0.217. The van der Waals surface area contributed by atoms with Crippen LogP contribution in [0.25, 0.3) is 0 Å². The van der Waals surface area contributed by atoms with Crippen molar-refractivity contribution in [1.29, 1.82) is 0 Å². The van der Waals surface area contributed by atoms with Crippen molar-refractivity contribution in [3.63, 3.8) is 0 Å². The Kier molecular flexibility index (Phi) is 18.3. The van der Waals surface area contributed by atoms with E-state index in [2.05, 4.69) is 41.7 Å². The Bertz CT molecular complexity index is 2660. The van der Waals surface area contributed by atoms with Crippen LogP contribution in [0.5, 0.6) is 11.5 Å². The first-order valence-electron chi connectivity index (χ1n) is 19.9. The first-order chi connectivity index (χ1) is 31.6. The van der Waals surface area contributed by atoms with Gasteiger partial charge in [0.25, 0.3) is 23.6 Å². The van der Waals surface area contributed by atoms with Crippen molar-refractivity contribution >= 4 is 116 Å². The van der Waals surface area contributed by atoms with Gasteiger partial charge in [0.05, 0.1) is 24.3 Å². The van der Waals surface area contributed by atoms with Gasteiger partial charge in [0, 0.05) is 52.1 Å². The molecule has 0 heterocycles. The molecule has 0 fully saturated rings. The van der Waals surface area contributed by atoms with Crippen LogP contribution in [0, 0.1) is 0 Å². The van der Waals surface area contributed by atoms with Crippen LogP contribution in [0.2, 0.25) is 10.0 Å². The van der Waals surface area contributed by atoms with Crippen LogP contribution < -0.4 is 30.7 Å². The third-order valence-electron chi connectivity index (χ3n) is 9.46. The Morgan fingerprint density at radius 1 is 0.530 bits per heavy atom. The third kappa shape index (κ3) is 13.7. The summed E-state index contributed by atoms with van der Waals surface area (Å²) in [5.41, 5.74) is 3.53. The molecule has 2 unspecified atom stereocenters. The number of alkyl halides is 2. The second-order valence-electron chi connectivity index (χ2n) is 14.2. The number of carbonyl (C=O) groups excluding carboxylic acids is 6. The summed E-state index contributed by atoms with van der Waals surface area (Å²) in [5, 5.41) is 26.9. The number of benzene rings is 5. The lowest BCUT2D eigenvalue weighted by Crippen LogP contribution is -2.32. The minimum atomic E-state index is -1.69. The molecular formula is C46H42Cl4N8O8. The van der Waals surface area contributed by atoms with Crippen molar-refractivity contribution in [3.05, 3.63) is 129 Å². The van der Waals surface area contributed by atoms with Gasteiger partial charge in [0.2, 0.25) is 12.1 Å². The summed E-state index contributed by atoms with van der Waals surface area (Å²) in [7, 11) is 2.56. The van der Waals surface area contributed by atoms with E-state index in [1.54, 1.807) is 24.3 Å². The van der Waals surface area contributed by atoms with Gasteiger partial charge >= 0.3 is 0 Å². The number of halogens is 4. The van der Waals surface area contributed by atoms with E-state index < -0.39 is 47.3 Å². The zero-order valence-corrected chi connectivity index (χ0v) is 38.8. The van der Waals surface area contributed by atoms with Crippen LogP contribution in [0.15, 0.2) is 118 Å². The molecule has 0 spiro atoms. The average Bonchev–Trinajstić information content (AvgIpc) is 3.29. The maximum absolute atomic E-state index is 13.6. The Balaban J connectivity index is 1.29. The Labute approximate surface area is 399 Å². The number of hydrogen-bond donors (Lipinski definition) is 4. The number of rotatable bonds is 20. The summed E-state index contributed by atoms with van der Waals surface area (Å²) in [6, 6.07) is 22.2. The number of carbonyl (C=O) groups is 6. The number of nitrogens with zero attached hydrogens (tertiary/aromatic N) is 4. The van der Waals surface area contributed by atoms with Gasteiger partial charge in [-0.05, 0) is 98.5 Å². The molecule has 16 nitrogen and oxygen atoms in total. The molecule has 0 saturated heterocycles. The molecule has 20 heteroatoms. The van der Waals surface area contributed by atoms with E-state index in [0.29, 0.717) is 36.0 Å². The van der Waals surface area contributed by atoms with E-state index in [1.165, 1.54) is 62.8 Å². The predicted octanol–water partition coefficient (Wildman–Crippen LogP) is 10.4. The van der Waals surface area contributed by atoms with E-state index in [1.807, 2.05) is 24.3 Å². The molecule has 0 aromatic heterocycles. The smallest absolute Gasteiger partial charge is 0.259 e. The Morgan fingerprint density at radius 2 is 0.924 bits per heavy atom. The molecule has 0 aliphatic carbocycles. The number of hydrogen-bond acceptors (Lipinski definition) is 12. The quantitative estimate of drug-likeness (QED) is 0.0333. The molecule has 66 heavy (non-hydrogen) atoms. The normalized spacial score (nSPS) is 12.0. The number of azo groups is 2. The molecule has 5 aromatic rings. The molecule has 5 rings (SSSR count). The summed E-state index contributed by atoms with van der Waals surface area (Å²) in [6.07, 6.45) is 1.36. The van der Waals surface area contributed by atoms with Crippen molar-refractivity contribution in [2.75, 3.05) is 47.2 Å². The summed E-state index contributed by atoms with van der Waals surface area (Å²) < 4.78 is 11.0. The highest BCUT2D eigenvalue weighted by atomic mass is 35.5. The molecule has 4 amide bonds. The number of amides is 4. The van der Waals surface area contributed by atoms with Crippen LogP contribution in [-0.2, 0) is 32.0 Å². The minimum Gasteiger partial charge on any atom is -0.494 e. The molecule has 0 radical (unpaired) electrons. The molecule has 0 bridgehead atoms. The molecular weight excluding hydrogens is 934 g/mol. The highest BCUT2D eigenvalue weighted by Crippen LogP contribution is 2.39. The summed E-state index contributed by atoms with van der Waals surface area (Å²) in [6.45, 7) is 2.28. The van der Waals surface area contributed by atoms with E-state index in [-0.39, 0.29) is 55.4 Å². The van der Waals surface area contributed by atoms with E-state index in [4.69, 9.17) is 55.9 Å². The maximum Gasteiger partial charge on any atom is 0.259 e. The number of nitrogens with one attached hydrogen (secondary N) is 4. The Morgan fingerprint density at radius 3 is 1.29 bits per heavy atom. The number of ether oxygens (including phenoxy) is 2. The highest BCUT2D eigenvalue weighted by molar-refractivity contribution is 6.33. The number of aryl methyl sites for hydroxylation is 2. The van der Waals surface area contributed by atoms with Gasteiger partial charge in [-0.2, -0.15) is 20.5 Å². The van der Waals surface area contributed by atoms with Gasteiger partial charge in [-0.1, -0.05) is 47.5 Å². The molecule has 2 atom stereocenters. The van der Waals surface area contributed by atoms with Crippen LogP contribution >= 0.6 is 46.4 Å². The molecule has 0 aliphatic rings. The van der Waals surface area contributed by atoms with Crippen molar-refractivity contribution in [3.8, 4) is 11.5 Å². The summed E-state index contributed by atoms with van der Waals surface area (Å²) in [4.78, 5) is 78.5. The first-order valence-corrected chi connectivity index (χ1v) is 21.7. The molecule has 4 N–H and O–H groups in total. The number of ketones is 2. The van der Waals surface area contributed by atoms with Gasteiger partial charge in [0.1, 0.15) is 28.6 Å². The number of Topliss-reactive ketones (excluding diaryl/α,β-unsaturated/α-hetero) is 2. The van der Waals surface area contributed by atoms with Crippen LogP contribution in [0.1, 0.15) is 45.7 Å². The van der Waals surface area contributed by atoms with Gasteiger partial charge in [-0.25, -0.2) is 0 Å². The monoisotopic (exact) mass is 974 g/mol. The average molecular weight is 977 g/mol. The van der Waals surface area contributed by atoms with Crippen LogP contribution in [0.4, 0.5) is 34.1 Å². The second-order valence-corrected chi connectivity index (χ2v) is 15.8. The van der Waals surface area contributed by atoms with Crippen molar-refractivity contribution in [2.24, 2.45) is 20.5 Å². The van der Waals surface area contributed by atoms with Crippen molar-refractivity contribution in [2.45, 2.75) is 38.8 Å². The van der Waals surface area contributed by atoms with Crippen LogP contribution in [-0.4, -0.2) is 73.3 Å². The first kappa shape index (κ1) is 50.3. The van der Waals surface area contributed by atoms with E-state index in [9.17, 15) is 28.8 Å². The zero-order chi connectivity index (χ0) is 47.9. The van der Waals surface area contributed by atoms with Gasteiger partial charge < -0.3 is 30.7 Å². The van der Waals surface area contributed by atoms with Crippen molar-refractivity contribution in [1.82, 2.24) is 0 Å². The lowest BCUT2D eigenvalue weighted by atomic mass is 10.1. The lowest BCUT2D eigenvalue weighted by molar-refractivity contribution is -0.127. The minimum absolute atomic E-state index is 0.0138. The maximum atomic E-state index is 13.6. The number of anilines is 4. The van der Waals surface area contributed by atoms with Crippen LogP contribution in [0.3, 0.4) is 0 Å². The fourth-order valence-corrected chi connectivity index (χ4v) is 6.73. The zero-order valence-electron chi connectivity index (χ0n) is 35.8.